The SMILES string of the molecule is COC(=O)C(Cc1ccc(O)cc1)NC(C)=O.O. The molecule has 1 amide bonds. The smallest absolute Gasteiger partial charge is 0.328 e. The molecule has 0 saturated carbocycles. The summed E-state index contributed by atoms with van der Waals surface area (Å²) in [5.41, 5.74) is 0.826. The van der Waals surface area contributed by atoms with E-state index in [-0.39, 0.29) is 17.1 Å². The topological polar surface area (TPSA) is 107 Å². The average molecular weight is 255 g/mol. The number of ether oxygens (including phenoxy) is 1. The second kappa shape index (κ2) is 7.29. The van der Waals surface area contributed by atoms with Crippen molar-refractivity contribution in [1.29, 1.82) is 0 Å². The Bertz CT molecular complexity index is 401. The number of nitrogens with one attached hydrogen (secondary N) is 1. The predicted octanol–water partition coefficient (Wildman–Crippen LogP) is -0.212. The minimum absolute atomic E-state index is 0. The molecule has 0 spiro atoms. The summed E-state index contributed by atoms with van der Waals surface area (Å²) in [5, 5.41) is 11.6. The van der Waals surface area contributed by atoms with Gasteiger partial charge in [0.2, 0.25) is 5.91 Å². The van der Waals surface area contributed by atoms with Crippen LogP contribution in [0.25, 0.3) is 0 Å². The number of amides is 1. The van der Waals surface area contributed by atoms with E-state index < -0.39 is 12.0 Å². The second-order valence-corrected chi connectivity index (χ2v) is 3.65. The highest BCUT2D eigenvalue weighted by atomic mass is 16.5. The van der Waals surface area contributed by atoms with E-state index in [4.69, 9.17) is 5.11 Å². The maximum Gasteiger partial charge on any atom is 0.328 e. The molecule has 1 atom stereocenters. The van der Waals surface area contributed by atoms with Crippen LogP contribution in [0, 0.1) is 0 Å². The molecule has 1 rings (SSSR count). The molecule has 100 valence electrons. The predicted molar refractivity (Wildman–Crippen MR) is 65.0 cm³/mol. The van der Waals surface area contributed by atoms with Gasteiger partial charge in [0.1, 0.15) is 11.8 Å². The maximum atomic E-state index is 11.4. The Hall–Kier alpha value is -2.08. The number of phenols is 1. The molecule has 0 aliphatic heterocycles. The number of carbonyl (C=O) groups excluding carboxylic acids is 2. The van der Waals surface area contributed by atoms with Gasteiger partial charge in [-0.3, -0.25) is 4.79 Å². The quantitative estimate of drug-likeness (QED) is 0.725. The number of phenolic OH excluding ortho intramolecular Hbond substituents is 1. The molecule has 0 heterocycles. The molecule has 6 heteroatoms. The zero-order valence-corrected chi connectivity index (χ0v) is 10.3. The molecule has 0 aromatic heterocycles. The molecule has 0 aliphatic carbocycles. The van der Waals surface area contributed by atoms with Crippen LogP contribution in [0.5, 0.6) is 5.75 Å². The Morgan fingerprint density at radius 1 is 1.33 bits per heavy atom. The Morgan fingerprint density at radius 2 is 1.89 bits per heavy atom. The van der Waals surface area contributed by atoms with Crippen LogP contribution >= 0.6 is 0 Å². The number of rotatable bonds is 4. The van der Waals surface area contributed by atoms with Gasteiger partial charge < -0.3 is 20.6 Å². The van der Waals surface area contributed by atoms with Crippen molar-refractivity contribution in [1.82, 2.24) is 5.32 Å². The van der Waals surface area contributed by atoms with Gasteiger partial charge in [0.15, 0.2) is 0 Å². The van der Waals surface area contributed by atoms with E-state index >= 15 is 0 Å². The number of hydrogen-bond donors (Lipinski definition) is 2. The molecular weight excluding hydrogens is 238 g/mol. The van der Waals surface area contributed by atoms with Gasteiger partial charge in [0.05, 0.1) is 7.11 Å². The largest absolute Gasteiger partial charge is 0.508 e. The van der Waals surface area contributed by atoms with Gasteiger partial charge in [-0.2, -0.15) is 0 Å². The first kappa shape index (κ1) is 15.9. The van der Waals surface area contributed by atoms with Crippen molar-refractivity contribution in [3.63, 3.8) is 0 Å². The number of benzene rings is 1. The summed E-state index contributed by atoms with van der Waals surface area (Å²) >= 11 is 0. The van der Waals surface area contributed by atoms with Gasteiger partial charge in [-0.15, -0.1) is 0 Å². The lowest BCUT2D eigenvalue weighted by molar-refractivity contribution is -0.144. The van der Waals surface area contributed by atoms with Crippen molar-refractivity contribution in [3.8, 4) is 5.75 Å². The van der Waals surface area contributed by atoms with E-state index in [1.54, 1.807) is 12.1 Å². The van der Waals surface area contributed by atoms with Crippen LogP contribution < -0.4 is 5.32 Å². The molecule has 0 saturated heterocycles. The highest BCUT2D eigenvalue weighted by Gasteiger charge is 2.20. The standard InChI is InChI=1S/C12H15NO4.H2O/c1-8(14)13-11(12(16)17-2)7-9-3-5-10(15)6-4-9;/h3-6,11,15H,7H2,1-2H3,(H,13,14);1H2. The summed E-state index contributed by atoms with van der Waals surface area (Å²) in [6, 6.07) is 5.72. The van der Waals surface area contributed by atoms with Crippen molar-refractivity contribution in [3.05, 3.63) is 29.8 Å². The van der Waals surface area contributed by atoms with E-state index in [1.807, 2.05) is 0 Å². The molecule has 1 unspecified atom stereocenters. The molecule has 0 fully saturated rings. The number of aromatic hydroxyl groups is 1. The van der Waals surface area contributed by atoms with Crippen LogP contribution in [0.1, 0.15) is 12.5 Å². The molecule has 18 heavy (non-hydrogen) atoms. The monoisotopic (exact) mass is 255 g/mol. The summed E-state index contributed by atoms with van der Waals surface area (Å²) < 4.78 is 4.61. The van der Waals surface area contributed by atoms with E-state index in [2.05, 4.69) is 10.1 Å². The Morgan fingerprint density at radius 3 is 2.33 bits per heavy atom. The zero-order chi connectivity index (χ0) is 12.8. The number of carbonyl (C=O) groups is 2. The Labute approximate surface area is 105 Å². The Balaban J connectivity index is 0.00000289. The summed E-state index contributed by atoms with van der Waals surface area (Å²) in [4.78, 5) is 22.4. The average Bonchev–Trinajstić information content (AvgIpc) is 2.29. The minimum atomic E-state index is -0.706. The maximum absolute atomic E-state index is 11.4. The lowest BCUT2D eigenvalue weighted by Gasteiger charge is -2.15. The van der Waals surface area contributed by atoms with Crippen LogP contribution in [-0.2, 0) is 20.7 Å². The highest BCUT2D eigenvalue weighted by Crippen LogP contribution is 2.11. The molecular formula is C12H17NO5. The third kappa shape index (κ3) is 4.84. The summed E-state index contributed by atoms with van der Waals surface area (Å²) in [5.74, 6) is -0.629. The van der Waals surface area contributed by atoms with Crippen molar-refractivity contribution in [2.24, 2.45) is 0 Å². The lowest BCUT2D eigenvalue weighted by atomic mass is 10.1. The van der Waals surface area contributed by atoms with Gasteiger partial charge in [-0.25, -0.2) is 4.79 Å². The first-order valence-electron chi connectivity index (χ1n) is 5.15. The number of hydrogen-bond acceptors (Lipinski definition) is 4. The molecule has 6 nitrogen and oxygen atoms in total. The summed E-state index contributed by atoms with van der Waals surface area (Å²) in [6.07, 6.45) is 0.326. The fourth-order valence-corrected chi connectivity index (χ4v) is 1.45. The van der Waals surface area contributed by atoms with Gasteiger partial charge in [-0.05, 0) is 17.7 Å². The van der Waals surface area contributed by atoms with Crippen LogP contribution in [0.15, 0.2) is 24.3 Å². The van der Waals surface area contributed by atoms with Gasteiger partial charge in [-0.1, -0.05) is 12.1 Å². The van der Waals surface area contributed by atoms with Crippen LogP contribution in [0.3, 0.4) is 0 Å². The van der Waals surface area contributed by atoms with Crippen LogP contribution in [0.4, 0.5) is 0 Å². The normalized spacial score (nSPS) is 11.0. The van der Waals surface area contributed by atoms with Crippen molar-refractivity contribution >= 4 is 11.9 Å². The zero-order valence-electron chi connectivity index (χ0n) is 10.3. The fraction of sp³-hybridized carbons (Fsp3) is 0.333. The first-order chi connectivity index (χ1) is 8.02. The first-order valence-corrected chi connectivity index (χ1v) is 5.15. The lowest BCUT2D eigenvalue weighted by Crippen LogP contribution is -2.41. The van der Waals surface area contributed by atoms with E-state index in [9.17, 15) is 9.59 Å². The molecule has 1 aromatic rings. The van der Waals surface area contributed by atoms with Gasteiger partial charge in [0.25, 0.3) is 0 Å². The molecule has 4 N–H and O–H groups in total. The molecule has 0 radical (unpaired) electrons. The molecule has 0 bridgehead atoms. The second-order valence-electron chi connectivity index (χ2n) is 3.65. The van der Waals surface area contributed by atoms with Gasteiger partial charge in [0, 0.05) is 13.3 Å². The fourth-order valence-electron chi connectivity index (χ4n) is 1.45. The van der Waals surface area contributed by atoms with Crippen molar-refractivity contribution in [2.45, 2.75) is 19.4 Å². The van der Waals surface area contributed by atoms with Gasteiger partial charge >= 0.3 is 5.97 Å². The minimum Gasteiger partial charge on any atom is -0.508 e. The number of methoxy groups -OCH3 is 1. The van der Waals surface area contributed by atoms with E-state index in [1.165, 1.54) is 26.2 Å². The molecule has 1 aromatic carbocycles. The Kier molecular flexibility index (Phi) is 6.44. The summed E-state index contributed by atoms with van der Waals surface area (Å²) in [7, 11) is 1.27. The highest BCUT2D eigenvalue weighted by molar-refractivity contribution is 5.83. The van der Waals surface area contributed by atoms with E-state index in [0.717, 1.165) is 5.56 Å². The van der Waals surface area contributed by atoms with Crippen LogP contribution in [-0.4, -0.2) is 35.6 Å². The third-order valence-corrected chi connectivity index (χ3v) is 2.24. The molecule has 0 aliphatic rings. The third-order valence-electron chi connectivity index (χ3n) is 2.24. The van der Waals surface area contributed by atoms with Crippen molar-refractivity contribution in [2.75, 3.05) is 7.11 Å². The summed E-state index contributed by atoms with van der Waals surface area (Å²) in [6.45, 7) is 1.34. The van der Waals surface area contributed by atoms with E-state index in [0.29, 0.717) is 6.42 Å². The van der Waals surface area contributed by atoms with Crippen molar-refractivity contribution < 1.29 is 24.9 Å². The number of esters is 1. The van der Waals surface area contributed by atoms with Crippen LogP contribution in [0.2, 0.25) is 0 Å².